The number of benzene rings is 1. The largest absolute Gasteiger partial charge is 0.302 e. The number of alkyl halides is 1. The second-order valence-electron chi connectivity index (χ2n) is 4.82. The number of nitrogens with zero attached hydrogens (tertiary/aromatic N) is 2. The van der Waals surface area contributed by atoms with Gasteiger partial charge in [0, 0.05) is 23.1 Å². The number of halogens is 2. The summed E-state index contributed by atoms with van der Waals surface area (Å²) in [5, 5.41) is 2.83. The van der Waals surface area contributed by atoms with Crippen LogP contribution in [0.3, 0.4) is 0 Å². The Morgan fingerprint density at radius 2 is 2.20 bits per heavy atom. The maximum atomic E-state index is 13.9. The Bertz CT molecular complexity index is 571. The molecule has 20 heavy (non-hydrogen) atoms. The van der Waals surface area contributed by atoms with Gasteiger partial charge in [0.2, 0.25) is 0 Å². The number of hydrogen-bond donors (Lipinski definition) is 0. The fourth-order valence-electron chi connectivity index (χ4n) is 2.08. The van der Waals surface area contributed by atoms with Crippen LogP contribution >= 0.6 is 22.9 Å². The number of hydrogen-bond acceptors (Lipinski definition) is 3. The fraction of sp³-hybridized carbons (Fsp3) is 0.400. The van der Waals surface area contributed by atoms with Gasteiger partial charge in [-0.25, -0.2) is 9.37 Å². The van der Waals surface area contributed by atoms with Gasteiger partial charge in [0.1, 0.15) is 10.8 Å². The van der Waals surface area contributed by atoms with Crippen molar-refractivity contribution in [2.75, 3.05) is 13.6 Å². The zero-order valence-corrected chi connectivity index (χ0v) is 13.3. The molecule has 2 nitrogen and oxygen atoms in total. The Morgan fingerprint density at radius 3 is 2.85 bits per heavy atom. The van der Waals surface area contributed by atoms with Crippen LogP contribution in [-0.2, 0) is 12.4 Å². The molecule has 0 aliphatic rings. The van der Waals surface area contributed by atoms with Crippen LogP contribution in [0.2, 0.25) is 0 Å². The van der Waals surface area contributed by atoms with Crippen LogP contribution < -0.4 is 0 Å². The molecular weight excluding hydrogens is 295 g/mol. The molecule has 0 saturated heterocycles. The highest BCUT2D eigenvalue weighted by molar-refractivity contribution is 7.13. The molecular formula is C15H18ClFN2S. The van der Waals surface area contributed by atoms with E-state index in [1.807, 2.05) is 18.5 Å². The van der Waals surface area contributed by atoms with Gasteiger partial charge in [-0.1, -0.05) is 6.92 Å². The van der Waals surface area contributed by atoms with Crippen LogP contribution in [0.4, 0.5) is 4.39 Å². The minimum atomic E-state index is -0.161. The monoisotopic (exact) mass is 312 g/mol. The molecule has 5 heteroatoms. The van der Waals surface area contributed by atoms with Crippen molar-refractivity contribution in [2.24, 2.45) is 0 Å². The van der Waals surface area contributed by atoms with Crippen LogP contribution in [0.15, 0.2) is 23.6 Å². The van der Waals surface area contributed by atoms with E-state index >= 15 is 0 Å². The minimum absolute atomic E-state index is 0.161. The number of aromatic nitrogens is 1. The number of thiazole rings is 1. The van der Waals surface area contributed by atoms with Crippen molar-refractivity contribution in [1.82, 2.24) is 9.88 Å². The lowest BCUT2D eigenvalue weighted by Gasteiger charge is -2.16. The van der Waals surface area contributed by atoms with E-state index in [4.69, 9.17) is 11.6 Å². The minimum Gasteiger partial charge on any atom is -0.302 e. The molecule has 1 heterocycles. The zero-order valence-electron chi connectivity index (χ0n) is 11.7. The van der Waals surface area contributed by atoms with Crippen LogP contribution in [0.5, 0.6) is 0 Å². The van der Waals surface area contributed by atoms with Gasteiger partial charge in [-0.05, 0) is 38.2 Å². The Balaban J connectivity index is 2.23. The van der Waals surface area contributed by atoms with E-state index < -0.39 is 0 Å². The first-order valence-electron chi connectivity index (χ1n) is 6.61. The molecule has 0 spiro atoms. The van der Waals surface area contributed by atoms with Gasteiger partial charge < -0.3 is 4.90 Å². The maximum Gasteiger partial charge on any atom is 0.127 e. The molecule has 0 atom stereocenters. The van der Waals surface area contributed by atoms with Crippen LogP contribution in [-0.4, -0.2) is 23.5 Å². The average molecular weight is 313 g/mol. The smallest absolute Gasteiger partial charge is 0.127 e. The summed E-state index contributed by atoms with van der Waals surface area (Å²) in [7, 11) is 2.00. The van der Waals surface area contributed by atoms with Gasteiger partial charge in [0.15, 0.2) is 0 Å². The summed E-state index contributed by atoms with van der Waals surface area (Å²) < 4.78 is 13.9. The Hall–Kier alpha value is -0.970. The maximum absolute atomic E-state index is 13.9. The molecule has 2 aromatic rings. The van der Waals surface area contributed by atoms with E-state index in [9.17, 15) is 4.39 Å². The standard InChI is InChI=1S/C15H18ClFN2S/c1-3-6-19(2)9-12-7-11(4-5-14(12)17)15-18-13(8-16)10-20-15/h4-5,7,10H,3,6,8-9H2,1-2H3. The van der Waals surface area contributed by atoms with Crippen molar-refractivity contribution in [2.45, 2.75) is 25.8 Å². The van der Waals surface area contributed by atoms with E-state index in [1.165, 1.54) is 17.4 Å². The molecule has 0 aliphatic heterocycles. The average Bonchev–Trinajstić information content (AvgIpc) is 2.90. The molecule has 0 saturated carbocycles. The van der Waals surface area contributed by atoms with Gasteiger partial charge in [-0.3, -0.25) is 0 Å². The van der Waals surface area contributed by atoms with E-state index in [1.54, 1.807) is 6.07 Å². The first-order valence-corrected chi connectivity index (χ1v) is 8.03. The summed E-state index contributed by atoms with van der Waals surface area (Å²) in [6.07, 6.45) is 1.06. The second kappa shape index (κ2) is 7.16. The molecule has 0 amide bonds. The topological polar surface area (TPSA) is 16.1 Å². The van der Waals surface area contributed by atoms with Crippen molar-refractivity contribution in [3.05, 3.63) is 40.7 Å². The Kier molecular flexibility index (Phi) is 5.52. The summed E-state index contributed by atoms with van der Waals surface area (Å²) in [6, 6.07) is 5.18. The van der Waals surface area contributed by atoms with Gasteiger partial charge in [-0.15, -0.1) is 22.9 Å². The normalized spacial score (nSPS) is 11.2. The third-order valence-corrected chi connectivity index (χ3v) is 4.24. The molecule has 0 unspecified atom stereocenters. The van der Waals surface area contributed by atoms with Crippen molar-refractivity contribution >= 4 is 22.9 Å². The van der Waals surface area contributed by atoms with Gasteiger partial charge in [0.05, 0.1) is 11.6 Å². The summed E-state index contributed by atoms with van der Waals surface area (Å²) in [6.45, 7) is 3.69. The van der Waals surface area contributed by atoms with Crippen LogP contribution in [0.1, 0.15) is 24.6 Å². The van der Waals surface area contributed by atoms with Crippen molar-refractivity contribution < 1.29 is 4.39 Å². The van der Waals surface area contributed by atoms with Crippen molar-refractivity contribution in [3.8, 4) is 10.6 Å². The summed E-state index contributed by atoms with van der Waals surface area (Å²) >= 11 is 7.30. The summed E-state index contributed by atoms with van der Waals surface area (Å²) in [5.41, 5.74) is 2.52. The first kappa shape index (κ1) is 15.4. The predicted molar refractivity (Wildman–Crippen MR) is 83.7 cm³/mol. The molecule has 0 fully saturated rings. The molecule has 1 aromatic heterocycles. The first-order chi connectivity index (χ1) is 9.63. The Morgan fingerprint density at radius 1 is 1.40 bits per heavy atom. The van der Waals surface area contributed by atoms with Gasteiger partial charge >= 0.3 is 0 Å². The van der Waals surface area contributed by atoms with E-state index in [0.717, 1.165) is 29.2 Å². The molecule has 1 aromatic carbocycles. The van der Waals surface area contributed by atoms with Gasteiger partial charge in [0.25, 0.3) is 0 Å². The third-order valence-electron chi connectivity index (χ3n) is 3.03. The molecule has 2 rings (SSSR count). The fourth-order valence-corrected chi connectivity index (χ4v) is 3.13. The molecule has 0 radical (unpaired) electrons. The molecule has 0 aliphatic carbocycles. The van der Waals surface area contributed by atoms with Gasteiger partial charge in [-0.2, -0.15) is 0 Å². The van der Waals surface area contributed by atoms with Crippen LogP contribution in [0, 0.1) is 5.82 Å². The molecule has 108 valence electrons. The quantitative estimate of drug-likeness (QED) is 0.729. The SMILES string of the molecule is CCCN(C)Cc1cc(-c2nc(CCl)cs2)ccc1F. The Labute approximate surface area is 128 Å². The molecule has 0 bridgehead atoms. The highest BCUT2D eigenvalue weighted by Crippen LogP contribution is 2.26. The molecule has 0 N–H and O–H groups in total. The van der Waals surface area contributed by atoms with Crippen LogP contribution in [0.25, 0.3) is 10.6 Å². The lowest BCUT2D eigenvalue weighted by molar-refractivity contribution is 0.322. The third kappa shape index (κ3) is 3.78. The highest BCUT2D eigenvalue weighted by atomic mass is 35.5. The van der Waals surface area contributed by atoms with E-state index in [2.05, 4.69) is 16.8 Å². The summed E-state index contributed by atoms with van der Waals surface area (Å²) in [5.74, 6) is 0.245. The van der Waals surface area contributed by atoms with Crippen molar-refractivity contribution in [3.63, 3.8) is 0 Å². The summed E-state index contributed by atoms with van der Waals surface area (Å²) in [4.78, 5) is 6.56. The van der Waals surface area contributed by atoms with E-state index in [-0.39, 0.29) is 5.82 Å². The zero-order chi connectivity index (χ0) is 14.5. The highest BCUT2D eigenvalue weighted by Gasteiger charge is 2.10. The predicted octanol–water partition coefficient (Wildman–Crippen LogP) is 4.53. The lowest BCUT2D eigenvalue weighted by Crippen LogP contribution is -2.19. The van der Waals surface area contributed by atoms with E-state index in [0.29, 0.717) is 18.0 Å². The lowest BCUT2D eigenvalue weighted by atomic mass is 10.1. The number of rotatable bonds is 6. The second-order valence-corrected chi connectivity index (χ2v) is 5.95. The van der Waals surface area contributed by atoms with Crippen molar-refractivity contribution in [1.29, 1.82) is 0 Å².